The maximum atomic E-state index is 12.5. The van der Waals surface area contributed by atoms with E-state index in [1.807, 2.05) is 11.8 Å². The first-order valence-electron chi connectivity index (χ1n) is 7.25. The molecule has 0 aromatic carbocycles. The van der Waals surface area contributed by atoms with E-state index in [1.165, 1.54) is 6.42 Å². The van der Waals surface area contributed by atoms with Crippen LogP contribution in [0.4, 0.5) is 4.79 Å². The van der Waals surface area contributed by atoms with Crippen LogP contribution in [-0.2, 0) is 9.53 Å². The topological polar surface area (TPSA) is 70.1 Å². The molecule has 2 fully saturated rings. The molecular formula is C14H24N2O4. The Kier molecular flexibility index (Phi) is 4.22. The first kappa shape index (κ1) is 15.1. The summed E-state index contributed by atoms with van der Waals surface area (Å²) in [5.74, 6) is -0.978. The molecule has 0 aromatic rings. The zero-order valence-corrected chi connectivity index (χ0v) is 12.5. The number of nitrogens with zero attached hydrogens (tertiary/aromatic N) is 2. The first-order valence-corrected chi connectivity index (χ1v) is 7.25. The van der Waals surface area contributed by atoms with Gasteiger partial charge in [-0.2, -0.15) is 0 Å². The van der Waals surface area contributed by atoms with E-state index in [-0.39, 0.29) is 24.7 Å². The number of likely N-dealkylation sites (tertiary alicyclic amines) is 2. The fourth-order valence-electron chi connectivity index (χ4n) is 3.19. The van der Waals surface area contributed by atoms with Gasteiger partial charge < -0.3 is 19.6 Å². The van der Waals surface area contributed by atoms with Gasteiger partial charge in [0.15, 0.2) is 0 Å². The van der Waals surface area contributed by atoms with E-state index >= 15 is 0 Å². The molecule has 0 aliphatic carbocycles. The number of carbonyl (C=O) groups excluding carboxylic acids is 1. The summed E-state index contributed by atoms with van der Waals surface area (Å²) in [7, 11) is 0. The lowest BCUT2D eigenvalue weighted by Gasteiger charge is -2.51. The van der Waals surface area contributed by atoms with Crippen molar-refractivity contribution in [2.24, 2.45) is 0 Å². The van der Waals surface area contributed by atoms with Crippen molar-refractivity contribution in [3.63, 3.8) is 0 Å². The number of hydrogen-bond donors (Lipinski definition) is 1. The van der Waals surface area contributed by atoms with E-state index in [2.05, 4.69) is 13.8 Å². The molecule has 0 bridgehead atoms. The maximum absolute atomic E-state index is 12.5. The number of ether oxygens (including phenoxy) is 1. The Bertz CT molecular complexity index is 383. The van der Waals surface area contributed by atoms with E-state index < -0.39 is 11.6 Å². The third-order valence-electron chi connectivity index (χ3n) is 4.28. The second-order valence-electron chi connectivity index (χ2n) is 6.31. The molecule has 114 valence electrons. The van der Waals surface area contributed by atoms with Crippen LogP contribution in [0.5, 0.6) is 0 Å². The number of amides is 2. The average molecular weight is 284 g/mol. The number of piperidine rings is 1. The second-order valence-corrected chi connectivity index (χ2v) is 6.31. The lowest BCUT2D eigenvalue weighted by Crippen LogP contribution is -2.67. The van der Waals surface area contributed by atoms with Crippen LogP contribution in [0.25, 0.3) is 0 Å². The van der Waals surface area contributed by atoms with Gasteiger partial charge in [-0.3, -0.25) is 0 Å². The summed E-state index contributed by atoms with van der Waals surface area (Å²) in [6.07, 6.45) is 3.28. The lowest BCUT2D eigenvalue weighted by molar-refractivity contribution is -0.160. The molecule has 2 atom stereocenters. The molecule has 2 aliphatic heterocycles. The number of carbonyl (C=O) groups is 2. The third-order valence-corrected chi connectivity index (χ3v) is 4.28. The van der Waals surface area contributed by atoms with E-state index in [0.29, 0.717) is 13.1 Å². The van der Waals surface area contributed by atoms with Crippen LogP contribution in [0.15, 0.2) is 0 Å². The van der Waals surface area contributed by atoms with Gasteiger partial charge >= 0.3 is 12.0 Å². The van der Waals surface area contributed by atoms with Gasteiger partial charge in [0, 0.05) is 12.1 Å². The predicted octanol–water partition coefficient (Wildman–Crippen LogP) is 1.54. The lowest BCUT2D eigenvalue weighted by atomic mass is 9.94. The van der Waals surface area contributed by atoms with Crippen molar-refractivity contribution in [2.45, 2.75) is 57.7 Å². The van der Waals surface area contributed by atoms with Gasteiger partial charge in [-0.1, -0.05) is 0 Å². The van der Waals surface area contributed by atoms with Gasteiger partial charge in [-0.25, -0.2) is 9.59 Å². The Morgan fingerprint density at radius 3 is 2.30 bits per heavy atom. The number of hydrogen-bond acceptors (Lipinski definition) is 3. The van der Waals surface area contributed by atoms with E-state index in [1.54, 1.807) is 4.90 Å². The zero-order valence-electron chi connectivity index (χ0n) is 12.5. The number of rotatable bonds is 3. The van der Waals surface area contributed by atoms with Gasteiger partial charge in [0.2, 0.25) is 0 Å². The van der Waals surface area contributed by atoms with Gasteiger partial charge in [-0.05, 0) is 40.0 Å². The molecule has 0 unspecified atom stereocenters. The first-order chi connectivity index (χ1) is 9.32. The van der Waals surface area contributed by atoms with Gasteiger partial charge in [0.25, 0.3) is 0 Å². The van der Waals surface area contributed by atoms with Gasteiger partial charge in [0.1, 0.15) is 12.2 Å². The number of aliphatic carboxylic acids is 1. The molecule has 2 rings (SSSR count). The van der Waals surface area contributed by atoms with Crippen molar-refractivity contribution in [2.75, 3.05) is 19.7 Å². The molecule has 2 aliphatic rings. The van der Waals surface area contributed by atoms with Crippen molar-refractivity contribution in [3.8, 4) is 0 Å². The van der Waals surface area contributed by atoms with Crippen molar-refractivity contribution in [3.05, 3.63) is 0 Å². The normalized spacial score (nSPS) is 28.9. The van der Waals surface area contributed by atoms with Crippen LogP contribution in [-0.4, -0.2) is 64.3 Å². The number of urea groups is 1. The highest BCUT2D eigenvalue weighted by molar-refractivity contribution is 5.76. The summed E-state index contributed by atoms with van der Waals surface area (Å²) in [5.41, 5.74) is -0.518. The second kappa shape index (κ2) is 5.60. The van der Waals surface area contributed by atoms with Crippen LogP contribution < -0.4 is 0 Å². The van der Waals surface area contributed by atoms with E-state index in [4.69, 9.17) is 9.84 Å². The summed E-state index contributed by atoms with van der Waals surface area (Å²) < 4.78 is 5.34. The molecule has 0 radical (unpaired) electrons. The minimum Gasteiger partial charge on any atom is -0.480 e. The molecule has 2 amide bonds. The van der Waals surface area contributed by atoms with Crippen molar-refractivity contribution < 1.29 is 19.4 Å². The van der Waals surface area contributed by atoms with Crippen molar-refractivity contribution >= 4 is 12.0 Å². The monoisotopic (exact) mass is 284 g/mol. The summed E-state index contributed by atoms with van der Waals surface area (Å²) >= 11 is 0. The molecule has 6 nitrogen and oxygen atoms in total. The molecule has 1 N–H and O–H groups in total. The third kappa shape index (κ3) is 3.06. The molecule has 0 aromatic heterocycles. The van der Waals surface area contributed by atoms with E-state index in [0.717, 1.165) is 12.8 Å². The zero-order chi connectivity index (χ0) is 14.9. The van der Waals surface area contributed by atoms with Crippen molar-refractivity contribution in [1.29, 1.82) is 0 Å². The minimum atomic E-state index is -0.978. The highest BCUT2D eigenvalue weighted by Gasteiger charge is 2.45. The summed E-state index contributed by atoms with van der Waals surface area (Å²) in [6, 6.07) is 0.609. The average Bonchev–Trinajstić information content (AvgIpc) is 2.32. The summed E-state index contributed by atoms with van der Waals surface area (Å²) in [5, 5.41) is 8.63. The van der Waals surface area contributed by atoms with Crippen LogP contribution in [0.3, 0.4) is 0 Å². The Hall–Kier alpha value is -1.30. The standard InChI is InChI=1S/C14H24N2O4/c1-10-5-4-6-11(2)16(10)13(19)15-8-14(3,9-15)20-7-12(17)18/h10-11H,4-9H2,1-3H3,(H,17,18)/t10-,11+. The van der Waals surface area contributed by atoms with Crippen LogP contribution in [0.1, 0.15) is 40.0 Å². The van der Waals surface area contributed by atoms with Crippen LogP contribution in [0, 0.1) is 0 Å². The SMILES string of the molecule is C[C@@H]1CCC[C@H](C)N1C(=O)N1CC(C)(OCC(=O)O)C1. The molecular weight excluding hydrogens is 260 g/mol. The molecule has 2 heterocycles. The minimum absolute atomic E-state index is 0.0566. The smallest absolute Gasteiger partial charge is 0.329 e. The molecule has 0 spiro atoms. The Labute approximate surface area is 119 Å². The Morgan fingerprint density at radius 1 is 1.25 bits per heavy atom. The molecule has 2 saturated heterocycles. The van der Waals surface area contributed by atoms with Crippen LogP contribution >= 0.6 is 0 Å². The maximum Gasteiger partial charge on any atom is 0.329 e. The Morgan fingerprint density at radius 2 is 1.80 bits per heavy atom. The Balaban J connectivity index is 1.88. The summed E-state index contributed by atoms with van der Waals surface area (Å²) in [4.78, 5) is 26.7. The highest BCUT2D eigenvalue weighted by atomic mass is 16.5. The fraction of sp³-hybridized carbons (Fsp3) is 0.857. The van der Waals surface area contributed by atoms with Gasteiger partial charge in [-0.15, -0.1) is 0 Å². The number of carboxylic acid groups (broad SMARTS) is 1. The molecule has 6 heteroatoms. The number of carboxylic acids is 1. The predicted molar refractivity (Wildman–Crippen MR) is 73.6 cm³/mol. The largest absolute Gasteiger partial charge is 0.480 e. The summed E-state index contributed by atoms with van der Waals surface area (Å²) in [6.45, 7) is 6.66. The van der Waals surface area contributed by atoms with E-state index in [9.17, 15) is 9.59 Å². The van der Waals surface area contributed by atoms with Crippen LogP contribution in [0.2, 0.25) is 0 Å². The molecule has 20 heavy (non-hydrogen) atoms. The van der Waals surface area contributed by atoms with Gasteiger partial charge in [0.05, 0.1) is 13.1 Å². The fourth-order valence-corrected chi connectivity index (χ4v) is 3.19. The molecule has 0 saturated carbocycles. The van der Waals surface area contributed by atoms with Crippen molar-refractivity contribution in [1.82, 2.24) is 9.80 Å². The quantitative estimate of drug-likeness (QED) is 0.853. The highest BCUT2D eigenvalue weighted by Crippen LogP contribution is 2.30.